The molecule has 0 radical (unpaired) electrons. The summed E-state index contributed by atoms with van der Waals surface area (Å²) in [6.45, 7) is 4.31. The van der Waals surface area contributed by atoms with Gasteiger partial charge in [-0.3, -0.25) is 0 Å². The van der Waals surface area contributed by atoms with Crippen LogP contribution in [0.4, 0.5) is 4.39 Å². The molecule has 4 nitrogen and oxygen atoms in total. The van der Waals surface area contributed by atoms with Crippen molar-refractivity contribution in [1.29, 1.82) is 0 Å². The van der Waals surface area contributed by atoms with Crippen LogP contribution in [0, 0.1) is 19.7 Å². The minimum absolute atomic E-state index is 0.136. The Bertz CT molecular complexity index is 1030. The van der Waals surface area contributed by atoms with Gasteiger partial charge in [-0.15, -0.1) is 0 Å². The normalized spacial score (nSPS) is 11.7. The van der Waals surface area contributed by atoms with E-state index >= 15 is 0 Å². The van der Waals surface area contributed by atoms with E-state index in [-0.39, 0.29) is 17.3 Å². The van der Waals surface area contributed by atoms with Crippen LogP contribution in [-0.2, 0) is 23.1 Å². The van der Waals surface area contributed by atoms with Gasteiger partial charge in [0.05, 0.1) is 18.0 Å². The van der Waals surface area contributed by atoms with E-state index in [1.165, 1.54) is 6.07 Å². The molecule has 0 atom stereocenters. The van der Waals surface area contributed by atoms with Gasteiger partial charge in [-0.25, -0.2) is 17.5 Å². The molecule has 0 fully saturated rings. The SMILES string of the molecule is Cc1ccc(S(=O)(=O)NCc2cccn2Cc2ccccc2F)cc1C. The molecule has 136 valence electrons. The van der Waals surface area contributed by atoms with Gasteiger partial charge in [0.2, 0.25) is 10.0 Å². The molecule has 1 aromatic heterocycles. The van der Waals surface area contributed by atoms with Crippen molar-refractivity contribution < 1.29 is 12.8 Å². The van der Waals surface area contributed by atoms with Crippen molar-refractivity contribution in [3.63, 3.8) is 0 Å². The Kier molecular flexibility index (Phi) is 5.25. The van der Waals surface area contributed by atoms with Crippen molar-refractivity contribution in [2.75, 3.05) is 0 Å². The van der Waals surface area contributed by atoms with Crippen LogP contribution in [0.15, 0.2) is 65.7 Å². The summed E-state index contributed by atoms with van der Waals surface area (Å²) in [5.74, 6) is -0.275. The van der Waals surface area contributed by atoms with Gasteiger partial charge in [-0.2, -0.15) is 0 Å². The molecule has 1 N–H and O–H groups in total. The molecule has 0 aliphatic heterocycles. The minimum atomic E-state index is -3.61. The highest BCUT2D eigenvalue weighted by molar-refractivity contribution is 7.89. The van der Waals surface area contributed by atoms with E-state index in [9.17, 15) is 12.8 Å². The molecule has 0 aliphatic carbocycles. The summed E-state index contributed by atoms with van der Waals surface area (Å²) in [4.78, 5) is 0.243. The summed E-state index contributed by atoms with van der Waals surface area (Å²) in [5, 5.41) is 0. The summed E-state index contributed by atoms with van der Waals surface area (Å²) in [5.41, 5.74) is 3.29. The van der Waals surface area contributed by atoms with Crippen molar-refractivity contribution in [2.45, 2.75) is 31.8 Å². The van der Waals surface area contributed by atoms with E-state index in [0.29, 0.717) is 12.1 Å². The average molecular weight is 372 g/mol. The van der Waals surface area contributed by atoms with Gasteiger partial charge >= 0.3 is 0 Å². The van der Waals surface area contributed by atoms with Crippen molar-refractivity contribution in [1.82, 2.24) is 9.29 Å². The number of nitrogens with zero attached hydrogens (tertiary/aromatic N) is 1. The number of rotatable bonds is 6. The third kappa shape index (κ3) is 4.03. The second-order valence-corrected chi connectivity index (χ2v) is 8.06. The maximum absolute atomic E-state index is 13.9. The summed E-state index contributed by atoms with van der Waals surface area (Å²) in [6, 6.07) is 15.3. The molecule has 1 heterocycles. The first-order valence-corrected chi connectivity index (χ1v) is 9.79. The lowest BCUT2D eigenvalue weighted by atomic mass is 10.1. The fourth-order valence-electron chi connectivity index (χ4n) is 2.71. The smallest absolute Gasteiger partial charge is 0.240 e. The van der Waals surface area contributed by atoms with Crippen LogP contribution in [0.5, 0.6) is 0 Å². The number of hydrogen-bond acceptors (Lipinski definition) is 2. The number of halogens is 1. The summed E-state index contributed by atoms with van der Waals surface area (Å²) in [7, 11) is -3.61. The molecule has 0 amide bonds. The second-order valence-electron chi connectivity index (χ2n) is 6.29. The number of aromatic nitrogens is 1. The summed E-state index contributed by atoms with van der Waals surface area (Å²) >= 11 is 0. The maximum Gasteiger partial charge on any atom is 0.240 e. The quantitative estimate of drug-likeness (QED) is 0.716. The van der Waals surface area contributed by atoms with E-state index in [4.69, 9.17) is 0 Å². The van der Waals surface area contributed by atoms with Crippen LogP contribution in [0.3, 0.4) is 0 Å². The summed E-state index contributed by atoms with van der Waals surface area (Å²) < 4.78 is 43.4. The van der Waals surface area contributed by atoms with Gasteiger partial charge in [0.15, 0.2) is 0 Å². The Balaban J connectivity index is 1.75. The maximum atomic E-state index is 13.9. The summed E-state index contributed by atoms with van der Waals surface area (Å²) in [6.07, 6.45) is 1.81. The molecular weight excluding hydrogens is 351 g/mol. The standard InChI is InChI=1S/C20H21FN2O2S/c1-15-9-10-19(12-16(15)2)26(24,25)22-13-18-7-5-11-23(18)14-17-6-3-4-8-20(17)21/h3-12,22H,13-14H2,1-2H3. The van der Waals surface area contributed by atoms with Crippen LogP contribution < -0.4 is 4.72 Å². The molecule has 0 bridgehead atoms. The molecule has 0 spiro atoms. The minimum Gasteiger partial charge on any atom is -0.346 e. The highest BCUT2D eigenvalue weighted by atomic mass is 32.2. The highest BCUT2D eigenvalue weighted by Gasteiger charge is 2.15. The molecular formula is C20H21FN2O2S. The van der Waals surface area contributed by atoms with Crippen LogP contribution in [0.2, 0.25) is 0 Å². The van der Waals surface area contributed by atoms with Gasteiger partial charge in [0.25, 0.3) is 0 Å². The molecule has 2 aromatic carbocycles. The molecule has 0 unspecified atom stereocenters. The third-order valence-corrected chi connectivity index (χ3v) is 5.85. The Morgan fingerprint density at radius 3 is 2.50 bits per heavy atom. The van der Waals surface area contributed by atoms with Crippen LogP contribution in [-0.4, -0.2) is 13.0 Å². The zero-order valence-corrected chi connectivity index (χ0v) is 15.6. The molecule has 3 rings (SSSR count). The van der Waals surface area contributed by atoms with Gasteiger partial charge in [0, 0.05) is 17.5 Å². The first-order valence-electron chi connectivity index (χ1n) is 8.31. The molecule has 0 saturated heterocycles. The fraction of sp³-hybridized carbons (Fsp3) is 0.200. The molecule has 0 aliphatic rings. The first-order chi connectivity index (χ1) is 12.4. The number of nitrogens with one attached hydrogen (secondary N) is 1. The average Bonchev–Trinajstić information content (AvgIpc) is 3.05. The topological polar surface area (TPSA) is 51.1 Å². The number of hydrogen-bond donors (Lipinski definition) is 1. The highest BCUT2D eigenvalue weighted by Crippen LogP contribution is 2.16. The zero-order valence-electron chi connectivity index (χ0n) is 14.7. The van der Waals surface area contributed by atoms with Gasteiger partial charge in [-0.05, 0) is 55.3 Å². The van der Waals surface area contributed by atoms with Crippen molar-refractivity contribution >= 4 is 10.0 Å². The predicted octanol–water partition coefficient (Wildman–Crippen LogP) is 3.77. The Morgan fingerprint density at radius 2 is 1.77 bits per heavy atom. The first kappa shape index (κ1) is 18.4. The van der Waals surface area contributed by atoms with Crippen molar-refractivity contribution in [3.05, 3.63) is 89.0 Å². The van der Waals surface area contributed by atoms with E-state index in [1.54, 1.807) is 36.4 Å². The number of sulfonamides is 1. The lowest BCUT2D eigenvalue weighted by Crippen LogP contribution is -2.24. The van der Waals surface area contributed by atoms with E-state index in [0.717, 1.165) is 16.8 Å². The monoisotopic (exact) mass is 372 g/mol. The molecule has 6 heteroatoms. The van der Waals surface area contributed by atoms with Crippen LogP contribution >= 0.6 is 0 Å². The zero-order chi connectivity index (χ0) is 18.7. The predicted molar refractivity (Wildman–Crippen MR) is 99.9 cm³/mol. The van der Waals surface area contributed by atoms with Gasteiger partial charge in [0.1, 0.15) is 5.82 Å². The molecule has 0 saturated carbocycles. The lowest BCUT2D eigenvalue weighted by molar-refractivity contribution is 0.574. The molecule has 3 aromatic rings. The van der Waals surface area contributed by atoms with Gasteiger partial charge in [-0.1, -0.05) is 24.3 Å². The Morgan fingerprint density at radius 1 is 1.00 bits per heavy atom. The second kappa shape index (κ2) is 7.43. The number of aryl methyl sites for hydroxylation is 2. The Hall–Kier alpha value is -2.44. The molecule has 26 heavy (non-hydrogen) atoms. The van der Waals surface area contributed by atoms with Crippen LogP contribution in [0.25, 0.3) is 0 Å². The van der Waals surface area contributed by atoms with E-state index in [1.807, 2.05) is 36.7 Å². The van der Waals surface area contributed by atoms with Crippen molar-refractivity contribution in [2.24, 2.45) is 0 Å². The number of benzene rings is 2. The van der Waals surface area contributed by atoms with Crippen LogP contribution in [0.1, 0.15) is 22.4 Å². The third-order valence-electron chi connectivity index (χ3n) is 4.45. The lowest BCUT2D eigenvalue weighted by Gasteiger charge is -2.12. The van der Waals surface area contributed by atoms with Crippen molar-refractivity contribution in [3.8, 4) is 0 Å². The van der Waals surface area contributed by atoms with E-state index in [2.05, 4.69) is 4.72 Å². The van der Waals surface area contributed by atoms with Gasteiger partial charge < -0.3 is 4.57 Å². The fourth-order valence-corrected chi connectivity index (χ4v) is 3.79. The van der Waals surface area contributed by atoms with E-state index < -0.39 is 10.0 Å². The Labute approximate surface area is 153 Å². The largest absolute Gasteiger partial charge is 0.346 e.